The number of aromatic nitrogens is 2. The van der Waals surface area contributed by atoms with Gasteiger partial charge in [0.25, 0.3) is 0 Å². The van der Waals surface area contributed by atoms with Crippen LogP contribution in [0.15, 0.2) is 48.7 Å². The van der Waals surface area contributed by atoms with E-state index in [0.29, 0.717) is 34.7 Å². The van der Waals surface area contributed by atoms with Gasteiger partial charge in [-0.25, -0.2) is 17.8 Å². The second-order valence-electron chi connectivity index (χ2n) is 8.87. The maximum Gasteiger partial charge on any atom is 0.316 e. The predicted octanol–water partition coefficient (Wildman–Crippen LogP) is 4.01. The second kappa shape index (κ2) is 9.54. The van der Waals surface area contributed by atoms with Crippen LogP contribution in [0.5, 0.6) is 0 Å². The number of nitrogens with one attached hydrogen (secondary N) is 2. The average molecular weight is 533 g/mol. The number of carbonyl (C=O) groups is 1. The highest BCUT2D eigenvalue weighted by Gasteiger charge is 2.37. The van der Waals surface area contributed by atoms with Crippen molar-refractivity contribution in [3.8, 4) is 0 Å². The highest BCUT2D eigenvalue weighted by atomic mass is 32.2. The smallest absolute Gasteiger partial charge is 0.316 e. The van der Waals surface area contributed by atoms with Crippen LogP contribution < -0.4 is 19.8 Å². The molecule has 0 bridgehead atoms. The maximum absolute atomic E-state index is 14.8. The van der Waals surface area contributed by atoms with E-state index in [-0.39, 0.29) is 35.6 Å². The summed E-state index contributed by atoms with van der Waals surface area (Å²) in [6.07, 6.45) is 3.30. The lowest BCUT2D eigenvalue weighted by Gasteiger charge is -2.28. The van der Waals surface area contributed by atoms with Gasteiger partial charge in [0.2, 0.25) is 21.9 Å². The van der Waals surface area contributed by atoms with Gasteiger partial charge in [0.15, 0.2) is 11.6 Å². The molecule has 5 rings (SSSR count). The van der Waals surface area contributed by atoms with Crippen molar-refractivity contribution in [1.29, 1.82) is 0 Å². The topological polar surface area (TPSA) is 108 Å². The lowest BCUT2D eigenvalue weighted by Crippen LogP contribution is -2.35. The number of halogens is 3. The van der Waals surface area contributed by atoms with Crippen LogP contribution in [-0.4, -0.2) is 43.1 Å². The minimum Gasteiger partial charge on any atom is -0.325 e. The zero-order chi connectivity index (χ0) is 26.3. The summed E-state index contributed by atoms with van der Waals surface area (Å²) in [5.41, 5.74) is 2.29. The van der Waals surface area contributed by atoms with Gasteiger partial charge in [0.1, 0.15) is 0 Å². The second-order valence-corrected chi connectivity index (χ2v) is 10.7. The van der Waals surface area contributed by atoms with Crippen molar-refractivity contribution < 1.29 is 26.4 Å². The monoisotopic (exact) mass is 532 g/mol. The quantitative estimate of drug-likeness (QED) is 0.401. The zero-order valence-electron chi connectivity index (χ0n) is 19.7. The van der Waals surface area contributed by atoms with E-state index in [1.807, 2.05) is 0 Å². The normalized spacial score (nSPS) is 14.9. The molecular formula is C24H23F3N6O3S. The molecule has 0 unspecified atom stereocenters. The molecule has 1 saturated carbocycles. The van der Waals surface area contributed by atoms with Gasteiger partial charge in [-0.1, -0.05) is 24.3 Å². The summed E-state index contributed by atoms with van der Waals surface area (Å²) in [5, 5.41) is 5.59. The van der Waals surface area contributed by atoms with E-state index in [0.717, 1.165) is 12.5 Å². The molecule has 1 fully saturated rings. The Bertz CT molecular complexity index is 1470. The summed E-state index contributed by atoms with van der Waals surface area (Å²) < 4.78 is 69.5. The molecule has 0 radical (unpaired) electrons. The number of amides is 1. The third kappa shape index (κ3) is 5.17. The van der Waals surface area contributed by atoms with Gasteiger partial charge in [0, 0.05) is 23.0 Å². The Labute approximate surface area is 211 Å². The van der Waals surface area contributed by atoms with Crippen LogP contribution in [0.2, 0.25) is 0 Å². The summed E-state index contributed by atoms with van der Waals surface area (Å²) in [7, 11) is -3.67. The first-order valence-corrected chi connectivity index (χ1v) is 13.3. The standard InChI is InChI=1S/C24H23F3N6O3S/c1-37(35,36)33(15-9-10-15)20-8-3-2-5-14(20)13-32(23(26)27)22-17(25)12-28-24(31-22)30-19-7-4-6-18-16(19)11-21(34)29-18/h2-8,12,15,23H,9-11,13H2,1H3,(H,29,34)(H,28,30,31). The SMILES string of the molecule is CS(=O)(=O)N(c1ccccc1CN(c1nc(Nc2cccc3c2CC(=O)N3)ncc1F)C(F)F)C1CC1. The Morgan fingerprint density at radius 3 is 2.62 bits per heavy atom. The van der Waals surface area contributed by atoms with Crippen molar-refractivity contribution in [2.75, 3.05) is 26.1 Å². The summed E-state index contributed by atoms with van der Waals surface area (Å²) in [6.45, 7) is -3.65. The Hall–Kier alpha value is -3.87. The van der Waals surface area contributed by atoms with E-state index in [2.05, 4.69) is 20.6 Å². The van der Waals surface area contributed by atoms with Crippen LogP contribution in [0.1, 0.15) is 24.0 Å². The first-order chi connectivity index (χ1) is 17.6. The number of anilines is 5. The number of para-hydroxylation sites is 1. The summed E-state index contributed by atoms with van der Waals surface area (Å²) in [4.78, 5) is 20.1. The van der Waals surface area contributed by atoms with Crippen LogP contribution in [0.4, 0.5) is 42.0 Å². The van der Waals surface area contributed by atoms with Gasteiger partial charge >= 0.3 is 6.55 Å². The highest BCUT2D eigenvalue weighted by Crippen LogP contribution is 2.37. The molecule has 0 saturated heterocycles. The summed E-state index contributed by atoms with van der Waals surface area (Å²) in [5.74, 6) is -2.05. The Balaban J connectivity index is 1.47. The largest absolute Gasteiger partial charge is 0.325 e. The molecule has 2 aromatic carbocycles. The van der Waals surface area contributed by atoms with Crippen LogP contribution in [0.25, 0.3) is 0 Å². The van der Waals surface area contributed by atoms with E-state index in [1.165, 1.54) is 10.4 Å². The minimum atomic E-state index is -3.67. The van der Waals surface area contributed by atoms with E-state index < -0.39 is 34.8 Å². The van der Waals surface area contributed by atoms with Crippen LogP contribution >= 0.6 is 0 Å². The Morgan fingerprint density at radius 1 is 1.16 bits per heavy atom. The van der Waals surface area contributed by atoms with Crippen molar-refractivity contribution in [1.82, 2.24) is 9.97 Å². The molecule has 2 N–H and O–H groups in total. The molecule has 3 aromatic rings. The third-order valence-electron chi connectivity index (χ3n) is 6.07. The number of sulfonamides is 1. The average Bonchev–Trinajstić information content (AvgIpc) is 3.58. The maximum atomic E-state index is 14.8. The van der Waals surface area contributed by atoms with E-state index >= 15 is 0 Å². The van der Waals surface area contributed by atoms with Gasteiger partial charge in [0.05, 0.1) is 31.1 Å². The van der Waals surface area contributed by atoms with Gasteiger partial charge < -0.3 is 10.6 Å². The first kappa shape index (κ1) is 24.8. The Morgan fingerprint density at radius 2 is 1.92 bits per heavy atom. The molecule has 0 spiro atoms. The molecule has 1 aromatic heterocycles. The first-order valence-electron chi connectivity index (χ1n) is 11.4. The van der Waals surface area contributed by atoms with Crippen LogP contribution in [-0.2, 0) is 27.8 Å². The van der Waals surface area contributed by atoms with Gasteiger partial charge in [-0.2, -0.15) is 13.8 Å². The van der Waals surface area contributed by atoms with Crippen molar-refractivity contribution in [3.05, 3.63) is 65.6 Å². The number of alkyl halides is 2. The van der Waals surface area contributed by atoms with Gasteiger partial charge in [-0.15, -0.1) is 0 Å². The molecule has 194 valence electrons. The molecule has 2 heterocycles. The summed E-state index contributed by atoms with van der Waals surface area (Å²) >= 11 is 0. The van der Waals surface area contributed by atoms with E-state index in [1.54, 1.807) is 36.4 Å². The highest BCUT2D eigenvalue weighted by molar-refractivity contribution is 7.92. The van der Waals surface area contributed by atoms with Crippen molar-refractivity contribution in [2.45, 2.75) is 38.4 Å². The fourth-order valence-corrected chi connectivity index (χ4v) is 5.63. The molecule has 1 amide bonds. The number of benzene rings is 2. The number of hydrogen-bond acceptors (Lipinski definition) is 7. The lowest BCUT2D eigenvalue weighted by atomic mass is 10.1. The minimum absolute atomic E-state index is 0.115. The third-order valence-corrected chi connectivity index (χ3v) is 7.28. The number of hydrogen-bond donors (Lipinski definition) is 2. The molecule has 37 heavy (non-hydrogen) atoms. The molecule has 9 nitrogen and oxygen atoms in total. The van der Waals surface area contributed by atoms with Crippen LogP contribution in [0, 0.1) is 5.82 Å². The fraction of sp³-hybridized carbons (Fsp3) is 0.292. The molecule has 1 aliphatic heterocycles. The molecule has 13 heteroatoms. The molecular weight excluding hydrogens is 509 g/mol. The van der Waals surface area contributed by atoms with Crippen molar-refractivity contribution in [3.63, 3.8) is 0 Å². The fourth-order valence-electron chi connectivity index (χ4n) is 4.34. The summed E-state index contributed by atoms with van der Waals surface area (Å²) in [6, 6.07) is 11.1. The zero-order valence-corrected chi connectivity index (χ0v) is 20.5. The molecule has 1 aliphatic carbocycles. The number of fused-ring (bicyclic) bond motifs is 1. The lowest BCUT2D eigenvalue weighted by molar-refractivity contribution is -0.115. The van der Waals surface area contributed by atoms with Gasteiger partial charge in [-0.05, 0) is 36.6 Å². The molecule has 2 aliphatic rings. The van der Waals surface area contributed by atoms with Crippen LogP contribution in [0.3, 0.4) is 0 Å². The van der Waals surface area contributed by atoms with Crippen molar-refractivity contribution >= 4 is 44.8 Å². The van der Waals surface area contributed by atoms with E-state index in [9.17, 15) is 26.4 Å². The number of nitrogens with zero attached hydrogens (tertiary/aromatic N) is 4. The number of rotatable bonds is 9. The number of carbonyl (C=O) groups excluding carboxylic acids is 1. The van der Waals surface area contributed by atoms with Crippen molar-refractivity contribution in [2.24, 2.45) is 0 Å². The van der Waals surface area contributed by atoms with Gasteiger partial charge in [-0.3, -0.25) is 14.0 Å². The Kier molecular flexibility index (Phi) is 6.40. The van der Waals surface area contributed by atoms with E-state index in [4.69, 9.17) is 0 Å². The predicted molar refractivity (Wildman–Crippen MR) is 133 cm³/mol. The molecule has 0 atom stereocenters.